The van der Waals surface area contributed by atoms with E-state index in [2.05, 4.69) is 0 Å². The number of benzene rings is 2. The molecule has 2 rings (SSSR count). The summed E-state index contributed by atoms with van der Waals surface area (Å²) in [6.07, 6.45) is 2.92. The molecule has 0 aromatic heterocycles. The number of carboxylic acid groups (broad SMARTS) is 1. The lowest BCUT2D eigenvalue weighted by molar-refractivity contribution is -0.139. The van der Waals surface area contributed by atoms with Gasteiger partial charge < -0.3 is 19.7 Å². The number of hydrogen-bond acceptors (Lipinski definition) is 6. The van der Waals surface area contributed by atoms with E-state index in [0.717, 1.165) is 6.26 Å². The fourth-order valence-corrected chi connectivity index (χ4v) is 2.54. The largest absolute Gasteiger partial charge is 0.507 e. The van der Waals surface area contributed by atoms with E-state index in [0.29, 0.717) is 11.8 Å². The van der Waals surface area contributed by atoms with Crippen molar-refractivity contribution in [3.63, 3.8) is 0 Å². The van der Waals surface area contributed by atoms with Crippen molar-refractivity contribution in [2.75, 3.05) is 7.11 Å². The van der Waals surface area contributed by atoms with Crippen LogP contribution in [0.1, 0.15) is 38.8 Å². The van der Waals surface area contributed by atoms with Crippen molar-refractivity contribution in [1.82, 2.24) is 0 Å². The summed E-state index contributed by atoms with van der Waals surface area (Å²) in [6.45, 7) is 3.21. The molecule has 2 N–H and O–H groups in total. The van der Waals surface area contributed by atoms with Gasteiger partial charge in [0.05, 0.1) is 24.9 Å². The first kappa shape index (κ1) is 20.7. The Kier molecular flexibility index (Phi) is 6.55. The number of phenols is 1. The van der Waals surface area contributed by atoms with Crippen molar-refractivity contribution in [1.29, 1.82) is 0 Å². The standard InChI is InChI=1S/C21H20O7/c1-12-9-16(23)19(18(10-12)27-3)20(24)14-5-4-6-17(15(14)11-22)28-8-7-13(2)21(25)26/h4-11,13,23H,1-3H3,(H,25,26)/b8-7+/t13-/m1/s1. The number of phenolic OH excluding ortho intramolecular Hbond substituents is 1. The molecule has 0 heterocycles. The van der Waals surface area contributed by atoms with Crippen molar-refractivity contribution in [3.8, 4) is 17.2 Å². The van der Waals surface area contributed by atoms with E-state index in [4.69, 9.17) is 14.6 Å². The monoisotopic (exact) mass is 384 g/mol. The number of aromatic hydroxyl groups is 1. The lowest BCUT2D eigenvalue weighted by Gasteiger charge is -2.13. The maximum absolute atomic E-state index is 13.0. The highest BCUT2D eigenvalue weighted by molar-refractivity contribution is 6.16. The summed E-state index contributed by atoms with van der Waals surface area (Å²) >= 11 is 0. The highest BCUT2D eigenvalue weighted by atomic mass is 16.5. The van der Waals surface area contributed by atoms with Crippen molar-refractivity contribution in [2.24, 2.45) is 5.92 Å². The van der Waals surface area contributed by atoms with Crippen LogP contribution in [0.15, 0.2) is 42.7 Å². The fourth-order valence-electron chi connectivity index (χ4n) is 2.54. The van der Waals surface area contributed by atoms with Crippen molar-refractivity contribution in [2.45, 2.75) is 13.8 Å². The number of methoxy groups -OCH3 is 1. The minimum atomic E-state index is -1.03. The van der Waals surface area contributed by atoms with Gasteiger partial charge in [-0.2, -0.15) is 0 Å². The lowest BCUT2D eigenvalue weighted by atomic mass is 9.96. The summed E-state index contributed by atoms with van der Waals surface area (Å²) in [5.41, 5.74) is 0.631. The van der Waals surface area contributed by atoms with Gasteiger partial charge in [0, 0.05) is 5.56 Å². The summed E-state index contributed by atoms with van der Waals surface area (Å²) in [6, 6.07) is 7.45. The Bertz CT molecular complexity index is 944. The second-order valence-electron chi connectivity index (χ2n) is 6.10. The summed E-state index contributed by atoms with van der Waals surface area (Å²) in [5, 5.41) is 19.1. The maximum Gasteiger partial charge on any atom is 0.310 e. The van der Waals surface area contributed by atoms with Crippen LogP contribution in [0.2, 0.25) is 0 Å². The number of aldehydes is 1. The molecule has 146 valence electrons. The number of hydrogen-bond donors (Lipinski definition) is 2. The summed E-state index contributed by atoms with van der Waals surface area (Å²) in [4.78, 5) is 35.5. The van der Waals surface area contributed by atoms with Crippen LogP contribution in [0.25, 0.3) is 0 Å². The van der Waals surface area contributed by atoms with Gasteiger partial charge in [0.1, 0.15) is 22.8 Å². The van der Waals surface area contributed by atoms with E-state index in [-0.39, 0.29) is 33.9 Å². The van der Waals surface area contributed by atoms with Gasteiger partial charge in [0.2, 0.25) is 5.78 Å². The van der Waals surface area contributed by atoms with Gasteiger partial charge in [-0.15, -0.1) is 0 Å². The second-order valence-corrected chi connectivity index (χ2v) is 6.10. The van der Waals surface area contributed by atoms with Gasteiger partial charge in [-0.1, -0.05) is 12.1 Å². The van der Waals surface area contributed by atoms with E-state index in [1.54, 1.807) is 13.0 Å². The van der Waals surface area contributed by atoms with Crippen LogP contribution in [-0.4, -0.2) is 35.4 Å². The van der Waals surface area contributed by atoms with Crippen LogP contribution in [-0.2, 0) is 4.79 Å². The normalized spacial score (nSPS) is 11.8. The lowest BCUT2D eigenvalue weighted by Crippen LogP contribution is -2.09. The summed E-state index contributed by atoms with van der Waals surface area (Å²) in [5.74, 6) is -2.41. The third-order valence-corrected chi connectivity index (χ3v) is 4.05. The molecule has 0 saturated heterocycles. The average Bonchev–Trinajstić information content (AvgIpc) is 2.66. The van der Waals surface area contributed by atoms with Gasteiger partial charge in [0.25, 0.3) is 0 Å². The third-order valence-electron chi connectivity index (χ3n) is 4.05. The van der Waals surface area contributed by atoms with E-state index >= 15 is 0 Å². The Labute approximate surface area is 161 Å². The molecular formula is C21H20O7. The molecule has 0 fully saturated rings. The molecule has 0 amide bonds. The SMILES string of the molecule is COc1cc(C)cc(O)c1C(=O)c1cccc(O/C=C/[C@@H](C)C(=O)O)c1C=O. The molecular weight excluding hydrogens is 364 g/mol. The van der Waals surface area contributed by atoms with E-state index in [9.17, 15) is 19.5 Å². The van der Waals surface area contributed by atoms with E-state index < -0.39 is 17.7 Å². The zero-order valence-corrected chi connectivity index (χ0v) is 15.6. The fraction of sp³-hybridized carbons (Fsp3) is 0.190. The Morgan fingerprint density at radius 2 is 1.89 bits per heavy atom. The number of aryl methyl sites for hydroxylation is 1. The Balaban J connectivity index is 2.46. The molecule has 0 aliphatic carbocycles. The predicted octanol–water partition coefficient (Wildman–Crippen LogP) is 3.37. The van der Waals surface area contributed by atoms with Crippen molar-refractivity contribution >= 4 is 18.0 Å². The van der Waals surface area contributed by atoms with Crippen LogP contribution >= 0.6 is 0 Å². The van der Waals surface area contributed by atoms with Gasteiger partial charge >= 0.3 is 5.97 Å². The van der Waals surface area contributed by atoms with Crippen molar-refractivity contribution < 1.29 is 34.1 Å². The van der Waals surface area contributed by atoms with Crippen molar-refractivity contribution in [3.05, 3.63) is 64.9 Å². The Hall–Kier alpha value is -3.61. The first-order valence-corrected chi connectivity index (χ1v) is 8.36. The van der Waals surface area contributed by atoms with Gasteiger partial charge in [-0.3, -0.25) is 14.4 Å². The molecule has 7 heteroatoms. The molecule has 2 aromatic carbocycles. The molecule has 0 aliphatic heterocycles. The molecule has 0 radical (unpaired) electrons. The van der Waals surface area contributed by atoms with E-state index in [1.165, 1.54) is 44.4 Å². The number of ether oxygens (including phenoxy) is 2. The first-order valence-electron chi connectivity index (χ1n) is 8.36. The number of carbonyl (C=O) groups excluding carboxylic acids is 2. The number of aliphatic carboxylic acids is 1. The van der Waals surface area contributed by atoms with Crippen LogP contribution in [0.4, 0.5) is 0 Å². The zero-order chi connectivity index (χ0) is 20.8. The zero-order valence-electron chi connectivity index (χ0n) is 15.6. The summed E-state index contributed by atoms with van der Waals surface area (Å²) in [7, 11) is 1.37. The Morgan fingerprint density at radius 3 is 2.50 bits per heavy atom. The molecule has 2 aromatic rings. The number of ketones is 1. The van der Waals surface area contributed by atoms with Crippen LogP contribution in [0.3, 0.4) is 0 Å². The molecule has 0 aliphatic rings. The van der Waals surface area contributed by atoms with Crippen LogP contribution < -0.4 is 9.47 Å². The molecule has 0 bridgehead atoms. The summed E-state index contributed by atoms with van der Waals surface area (Å²) < 4.78 is 10.6. The number of carboxylic acids is 1. The predicted molar refractivity (Wildman–Crippen MR) is 101 cm³/mol. The van der Waals surface area contributed by atoms with Crippen LogP contribution in [0, 0.1) is 12.8 Å². The Morgan fingerprint density at radius 1 is 1.18 bits per heavy atom. The highest BCUT2D eigenvalue weighted by Gasteiger charge is 2.23. The molecule has 0 spiro atoms. The minimum Gasteiger partial charge on any atom is -0.507 e. The molecule has 7 nitrogen and oxygen atoms in total. The molecule has 0 unspecified atom stereocenters. The molecule has 0 saturated carbocycles. The maximum atomic E-state index is 13.0. The van der Waals surface area contributed by atoms with Gasteiger partial charge in [-0.05, 0) is 43.7 Å². The molecule has 28 heavy (non-hydrogen) atoms. The van der Waals surface area contributed by atoms with Crippen LogP contribution in [0.5, 0.6) is 17.2 Å². The van der Waals surface area contributed by atoms with Gasteiger partial charge in [-0.25, -0.2) is 0 Å². The second kappa shape index (κ2) is 8.85. The average molecular weight is 384 g/mol. The highest BCUT2D eigenvalue weighted by Crippen LogP contribution is 2.33. The third kappa shape index (κ3) is 4.37. The quantitative estimate of drug-likeness (QED) is 0.408. The van der Waals surface area contributed by atoms with E-state index in [1.807, 2.05) is 0 Å². The topological polar surface area (TPSA) is 110 Å². The smallest absolute Gasteiger partial charge is 0.310 e. The minimum absolute atomic E-state index is 0.0182. The van der Waals surface area contributed by atoms with Gasteiger partial charge in [0.15, 0.2) is 6.29 Å². The number of rotatable bonds is 8. The molecule has 1 atom stereocenters. The first-order chi connectivity index (χ1) is 13.3. The number of carbonyl (C=O) groups is 3.